The lowest BCUT2D eigenvalue weighted by Gasteiger charge is -2.20. The third kappa shape index (κ3) is 3.81. The maximum absolute atomic E-state index is 12.2. The first kappa shape index (κ1) is 19.4. The van der Waals surface area contributed by atoms with E-state index >= 15 is 0 Å². The zero-order valence-electron chi connectivity index (χ0n) is 16.8. The fourth-order valence-electron chi connectivity index (χ4n) is 3.04. The fourth-order valence-corrected chi connectivity index (χ4v) is 3.04. The highest BCUT2D eigenvalue weighted by molar-refractivity contribution is 5.89. The van der Waals surface area contributed by atoms with Gasteiger partial charge in [-0.25, -0.2) is 24.6 Å². The Kier molecular flexibility index (Phi) is 5.09. The largest absolute Gasteiger partial charge is 0.447 e. The van der Waals surface area contributed by atoms with Gasteiger partial charge in [0.25, 0.3) is 0 Å². The van der Waals surface area contributed by atoms with Crippen molar-refractivity contribution in [2.24, 2.45) is 0 Å². The lowest BCUT2D eigenvalue weighted by atomic mass is 10.1. The minimum Gasteiger partial charge on any atom is -0.447 e. The molecular weight excluding hydrogens is 386 g/mol. The van der Waals surface area contributed by atoms with Crippen molar-refractivity contribution in [2.75, 3.05) is 16.8 Å². The van der Waals surface area contributed by atoms with E-state index in [2.05, 4.69) is 41.8 Å². The second-order valence-electron chi connectivity index (χ2n) is 6.95. The number of carbonyl (C=O) groups excluding carboxylic acids is 1. The van der Waals surface area contributed by atoms with Crippen LogP contribution in [0.1, 0.15) is 31.4 Å². The van der Waals surface area contributed by atoms with Gasteiger partial charge in [-0.1, -0.05) is 12.2 Å². The van der Waals surface area contributed by atoms with E-state index in [0.717, 1.165) is 11.3 Å². The molecule has 4 heterocycles. The van der Waals surface area contributed by atoms with Gasteiger partial charge in [0.15, 0.2) is 0 Å². The Hall–Kier alpha value is -3.89. The van der Waals surface area contributed by atoms with Crippen molar-refractivity contribution >= 4 is 18.0 Å². The van der Waals surface area contributed by atoms with E-state index in [1.807, 2.05) is 20.0 Å². The van der Waals surface area contributed by atoms with Crippen LogP contribution in [0.25, 0.3) is 5.82 Å². The molecule has 0 saturated carbocycles. The molecule has 11 heteroatoms. The molecule has 1 aliphatic rings. The molecule has 0 aliphatic carbocycles. The second kappa shape index (κ2) is 7.85. The van der Waals surface area contributed by atoms with E-state index in [0.29, 0.717) is 17.6 Å². The molecule has 0 radical (unpaired) electrons. The highest BCUT2D eigenvalue weighted by atomic mass is 16.6. The highest BCUT2D eigenvalue weighted by Gasteiger charge is 2.37. The molecule has 0 bridgehead atoms. The summed E-state index contributed by atoms with van der Waals surface area (Å²) in [6.07, 6.45) is 6.19. The van der Waals surface area contributed by atoms with Crippen molar-refractivity contribution in [3.63, 3.8) is 0 Å². The molecule has 1 aliphatic heterocycles. The van der Waals surface area contributed by atoms with Gasteiger partial charge in [-0.2, -0.15) is 15.0 Å². The molecule has 0 aromatic carbocycles. The fraction of sp³-hybridized carbons (Fsp3) is 0.316. The summed E-state index contributed by atoms with van der Waals surface area (Å²) >= 11 is 0. The predicted octanol–water partition coefficient (Wildman–Crippen LogP) is 2.23. The summed E-state index contributed by atoms with van der Waals surface area (Å²) in [5.74, 6) is 1.75. The topological polar surface area (TPSA) is 124 Å². The lowest BCUT2D eigenvalue weighted by Crippen LogP contribution is -2.36. The number of aryl methyl sites for hydroxylation is 1. The third-order valence-electron chi connectivity index (χ3n) is 4.62. The Balaban J connectivity index is 1.56. The molecule has 0 unspecified atom stereocenters. The van der Waals surface area contributed by atoms with Gasteiger partial charge in [0.2, 0.25) is 11.9 Å². The molecule has 1 N–H and O–H groups in total. The lowest BCUT2D eigenvalue weighted by molar-refractivity contribution is 0.179. The van der Waals surface area contributed by atoms with E-state index in [4.69, 9.17) is 4.74 Å². The quantitative estimate of drug-likeness (QED) is 0.612. The molecule has 1 saturated heterocycles. The minimum atomic E-state index is -0.504. The zero-order chi connectivity index (χ0) is 21.3. The van der Waals surface area contributed by atoms with Crippen LogP contribution in [-0.4, -0.2) is 53.2 Å². The van der Waals surface area contributed by atoms with E-state index < -0.39 is 6.09 Å². The Morgan fingerprint density at radius 3 is 2.90 bits per heavy atom. The smallest absolute Gasteiger partial charge is 0.417 e. The molecule has 2 atom stereocenters. The van der Waals surface area contributed by atoms with E-state index in [1.165, 1.54) is 11.2 Å². The minimum absolute atomic E-state index is 0.204. The van der Waals surface area contributed by atoms with Crippen LogP contribution in [0.5, 0.6) is 0 Å². The molecular formula is C19H21N9O2. The number of nitrogens with zero attached hydrogens (tertiary/aromatic N) is 8. The van der Waals surface area contributed by atoms with E-state index in [-0.39, 0.29) is 24.6 Å². The summed E-state index contributed by atoms with van der Waals surface area (Å²) in [6.45, 7) is 9.66. The normalized spacial score (nSPS) is 17.0. The maximum atomic E-state index is 12.2. The van der Waals surface area contributed by atoms with Crippen molar-refractivity contribution in [1.82, 2.24) is 34.5 Å². The van der Waals surface area contributed by atoms with Crippen LogP contribution in [-0.2, 0) is 4.74 Å². The average Bonchev–Trinajstić information content (AvgIpc) is 3.35. The van der Waals surface area contributed by atoms with Crippen LogP contribution in [0.4, 0.5) is 16.7 Å². The van der Waals surface area contributed by atoms with Crippen LogP contribution in [0.3, 0.4) is 0 Å². The number of hydrogen-bond acceptors (Lipinski definition) is 9. The summed E-state index contributed by atoms with van der Waals surface area (Å²) < 4.78 is 6.95. The Labute approximate surface area is 172 Å². The molecule has 154 valence electrons. The van der Waals surface area contributed by atoms with Gasteiger partial charge in [-0.05, 0) is 26.8 Å². The second-order valence-corrected chi connectivity index (χ2v) is 6.95. The van der Waals surface area contributed by atoms with Crippen molar-refractivity contribution in [1.29, 1.82) is 0 Å². The molecule has 1 fully saturated rings. The molecule has 0 spiro atoms. The number of ether oxygens (including phenoxy) is 1. The third-order valence-corrected chi connectivity index (χ3v) is 4.62. The molecule has 3 aromatic heterocycles. The van der Waals surface area contributed by atoms with Gasteiger partial charge in [-0.3, -0.25) is 4.57 Å². The molecule has 30 heavy (non-hydrogen) atoms. The summed E-state index contributed by atoms with van der Waals surface area (Å²) in [6, 6.07) is 1.27. The number of amides is 1. The summed E-state index contributed by atoms with van der Waals surface area (Å²) in [7, 11) is 0. The predicted molar refractivity (Wildman–Crippen MR) is 108 cm³/mol. The molecule has 1 amide bonds. The Bertz CT molecular complexity index is 1080. The standard InChI is InChI=1S/C19H21N9O2/c1-11(2)15-8-30-19(29)28(15)18-25-13(4)24-17(26-18)23-12(3)14-7-27(10-22-14)16-5-6-20-9-21-16/h5-7,9-10,12,15H,1,8H2,2-4H3,(H,23,24,25,26)/t12-,15+/m0/s1. The van der Waals surface area contributed by atoms with Gasteiger partial charge in [0, 0.05) is 12.4 Å². The van der Waals surface area contributed by atoms with Gasteiger partial charge in [0.05, 0.1) is 17.8 Å². The first-order chi connectivity index (χ1) is 14.4. The van der Waals surface area contributed by atoms with Gasteiger partial charge in [-0.15, -0.1) is 0 Å². The number of hydrogen-bond donors (Lipinski definition) is 1. The summed E-state index contributed by atoms with van der Waals surface area (Å²) in [5, 5.41) is 3.21. The SMILES string of the molecule is C=C(C)[C@H]1COC(=O)N1c1nc(C)nc(N[C@@H](C)c2cn(-c3ccncn3)cn2)n1. The van der Waals surface area contributed by atoms with Gasteiger partial charge < -0.3 is 10.1 Å². The molecule has 11 nitrogen and oxygen atoms in total. The number of anilines is 2. The van der Waals surface area contributed by atoms with Crippen LogP contribution in [0, 0.1) is 6.92 Å². The van der Waals surface area contributed by atoms with Crippen LogP contribution >= 0.6 is 0 Å². The van der Waals surface area contributed by atoms with Crippen molar-refractivity contribution in [2.45, 2.75) is 32.9 Å². The van der Waals surface area contributed by atoms with Crippen LogP contribution < -0.4 is 10.2 Å². The number of aromatic nitrogens is 7. The first-order valence-electron chi connectivity index (χ1n) is 9.33. The number of carbonyl (C=O) groups is 1. The first-order valence-corrected chi connectivity index (χ1v) is 9.33. The Morgan fingerprint density at radius 1 is 1.33 bits per heavy atom. The van der Waals surface area contributed by atoms with Crippen molar-refractivity contribution < 1.29 is 9.53 Å². The number of rotatable bonds is 6. The monoisotopic (exact) mass is 407 g/mol. The number of imidazole rings is 1. The average molecular weight is 407 g/mol. The maximum Gasteiger partial charge on any atom is 0.417 e. The zero-order valence-corrected chi connectivity index (χ0v) is 16.8. The molecule has 4 rings (SSSR count). The van der Waals surface area contributed by atoms with Crippen molar-refractivity contribution in [3.8, 4) is 5.82 Å². The summed E-state index contributed by atoms with van der Waals surface area (Å²) in [4.78, 5) is 39.2. The number of cyclic esters (lactones) is 1. The van der Waals surface area contributed by atoms with Crippen molar-refractivity contribution in [3.05, 3.63) is 54.8 Å². The Morgan fingerprint density at radius 2 is 2.17 bits per heavy atom. The number of nitrogens with one attached hydrogen (secondary N) is 1. The van der Waals surface area contributed by atoms with Crippen LogP contribution in [0.15, 0.2) is 43.3 Å². The van der Waals surface area contributed by atoms with E-state index in [1.54, 1.807) is 30.1 Å². The summed E-state index contributed by atoms with van der Waals surface area (Å²) in [5.41, 5.74) is 1.56. The van der Waals surface area contributed by atoms with Crippen LogP contribution in [0.2, 0.25) is 0 Å². The van der Waals surface area contributed by atoms with Gasteiger partial charge >= 0.3 is 6.09 Å². The molecule has 3 aromatic rings. The van der Waals surface area contributed by atoms with Gasteiger partial charge in [0.1, 0.15) is 30.9 Å². The van der Waals surface area contributed by atoms with E-state index in [9.17, 15) is 4.79 Å². The highest BCUT2D eigenvalue weighted by Crippen LogP contribution is 2.25.